The van der Waals surface area contributed by atoms with E-state index in [1.54, 1.807) is 6.92 Å². The third-order valence-electron chi connectivity index (χ3n) is 3.22. The summed E-state index contributed by atoms with van der Waals surface area (Å²) in [4.78, 5) is 25.0. The summed E-state index contributed by atoms with van der Waals surface area (Å²) in [7, 11) is -4.03. The number of aromatic carboxylic acids is 1. The third-order valence-corrected chi connectivity index (χ3v) is 6.12. The van der Waals surface area contributed by atoms with Crippen LogP contribution in [0.5, 0.6) is 0 Å². The Hall–Kier alpha value is -2.46. The first-order valence-electron chi connectivity index (χ1n) is 7.09. The summed E-state index contributed by atoms with van der Waals surface area (Å²) in [5, 5.41) is 13.3. The highest BCUT2D eigenvalue weighted by atomic mass is 32.2. The van der Waals surface area contributed by atoms with Crippen LogP contribution in [0.25, 0.3) is 0 Å². The van der Waals surface area contributed by atoms with Gasteiger partial charge in [0.05, 0.1) is 5.56 Å². The molecule has 2 aromatic rings. The fraction of sp³-hybridized carbons (Fsp3) is 0.333. The third kappa shape index (κ3) is 3.88. The molecule has 0 aliphatic heterocycles. The molecular formula is C12H11F3N4O6S3. The first-order chi connectivity index (χ1) is 12.8. The Bertz CT molecular complexity index is 1100. The fourth-order valence-corrected chi connectivity index (χ4v) is 4.96. The highest BCUT2D eigenvalue weighted by Crippen LogP contribution is 2.40. The van der Waals surface area contributed by atoms with E-state index in [1.165, 1.54) is 11.8 Å². The number of rotatable bonds is 5. The first kappa shape index (κ1) is 21.8. The second kappa shape index (κ2) is 7.51. The van der Waals surface area contributed by atoms with Crippen molar-refractivity contribution in [2.24, 2.45) is 0 Å². The number of thiophene rings is 1. The van der Waals surface area contributed by atoms with Gasteiger partial charge >= 0.3 is 18.2 Å². The molecule has 16 heteroatoms. The lowest BCUT2D eigenvalue weighted by Gasteiger charge is -2.10. The standard InChI is InChI=1S/C12H11F3N4O6S3/c1-3-6-16-18(11(26)19(6)25-2)10(22)17-28(23,24)7-5(9(20)21)4-27-8(7)12(13,14)15/h4H,3H2,1-2H3,(H,17,22)(H,20,21). The van der Waals surface area contributed by atoms with E-state index in [9.17, 15) is 31.2 Å². The van der Waals surface area contributed by atoms with E-state index < -0.39 is 43.5 Å². The predicted molar refractivity (Wildman–Crippen MR) is 90.3 cm³/mol. The molecule has 0 aromatic carbocycles. The minimum atomic E-state index is -5.23. The molecule has 0 atom stereocenters. The molecule has 10 nitrogen and oxygen atoms in total. The Morgan fingerprint density at radius 1 is 1.43 bits per heavy atom. The van der Waals surface area contributed by atoms with Crippen LogP contribution >= 0.6 is 23.6 Å². The lowest BCUT2D eigenvalue weighted by atomic mass is 10.3. The van der Waals surface area contributed by atoms with Gasteiger partial charge in [-0.3, -0.25) is 0 Å². The van der Waals surface area contributed by atoms with E-state index >= 15 is 0 Å². The van der Waals surface area contributed by atoms with Crippen molar-refractivity contribution in [3.05, 3.63) is 26.4 Å². The SMILES string of the molecule is CCc1nn(C(=O)NS(=O)(=O)c2c(C(=O)O)csc2C(F)(F)F)c(=S)n1OC. The van der Waals surface area contributed by atoms with Gasteiger partial charge in [0.25, 0.3) is 10.0 Å². The van der Waals surface area contributed by atoms with Crippen molar-refractivity contribution in [3.63, 3.8) is 0 Å². The van der Waals surface area contributed by atoms with Gasteiger partial charge in [0.15, 0.2) is 5.82 Å². The lowest BCUT2D eigenvalue weighted by Crippen LogP contribution is -2.36. The zero-order chi connectivity index (χ0) is 21.4. The minimum Gasteiger partial charge on any atom is -0.478 e. The predicted octanol–water partition coefficient (Wildman–Crippen LogP) is 1.76. The Labute approximate surface area is 164 Å². The van der Waals surface area contributed by atoms with Crippen molar-refractivity contribution in [2.75, 3.05) is 7.11 Å². The molecule has 0 bridgehead atoms. The molecule has 0 radical (unpaired) electrons. The number of sulfonamides is 1. The number of carbonyl (C=O) groups excluding carboxylic acids is 1. The number of carboxylic acids is 1. The Morgan fingerprint density at radius 3 is 2.46 bits per heavy atom. The van der Waals surface area contributed by atoms with Crippen molar-refractivity contribution in [1.82, 2.24) is 19.2 Å². The van der Waals surface area contributed by atoms with Crippen LogP contribution in [0.4, 0.5) is 18.0 Å². The van der Waals surface area contributed by atoms with E-state index in [0.29, 0.717) is 10.1 Å². The zero-order valence-corrected chi connectivity index (χ0v) is 16.4. The fourth-order valence-electron chi connectivity index (χ4n) is 2.09. The highest BCUT2D eigenvalue weighted by Gasteiger charge is 2.43. The van der Waals surface area contributed by atoms with Crippen LogP contribution in [-0.4, -0.2) is 47.1 Å². The average molecular weight is 460 g/mol. The number of amides is 1. The summed E-state index contributed by atoms with van der Waals surface area (Å²) in [6.07, 6.45) is -4.93. The van der Waals surface area contributed by atoms with Crippen LogP contribution in [0.15, 0.2) is 10.3 Å². The van der Waals surface area contributed by atoms with Crippen LogP contribution in [0.3, 0.4) is 0 Å². The average Bonchev–Trinajstić information content (AvgIpc) is 3.15. The maximum absolute atomic E-state index is 13.1. The lowest BCUT2D eigenvalue weighted by molar-refractivity contribution is -0.136. The van der Waals surface area contributed by atoms with Crippen LogP contribution in [0.2, 0.25) is 0 Å². The Morgan fingerprint density at radius 2 is 2.04 bits per heavy atom. The number of carboxylic acid groups (broad SMARTS) is 1. The monoisotopic (exact) mass is 460 g/mol. The number of alkyl halides is 3. The van der Waals surface area contributed by atoms with E-state index in [4.69, 9.17) is 22.2 Å². The normalized spacial score (nSPS) is 12.0. The van der Waals surface area contributed by atoms with Gasteiger partial charge in [-0.25, -0.2) is 22.7 Å². The molecule has 0 unspecified atom stereocenters. The molecule has 2 N–H and O–H groups in total. The molecule has 1 amide bonds. The number of nitrogens with zero attached hydrogens (tertiary/aromatic N) is 3. The number of aromatic nitrogens is 3. The summed E-state index contributed by atoms with van der Waals surface area (Å²) in [6.45, 7) is 1.63. The number of nitrogens with one attached hydrogen (secondary N) is 1. The van der Waals surface area contributed by atoms with Crippen molar-refractivity contribution in [2.45, 2.75) is 24.4 Å². The number of aryl methyl sites for hydroxylation is 1. The van der Waals surface area contributed by atoms with E-state index in [2.05, 4.69) is 5.10 Å². The van der Waals surface area contributed by atoms with Crippen molar-refractivity contribution in [3.8, 4) is 0 Å². The summed E-state index contributed by atoms with van der Waals surface area (Å²) in [5.74, 6) is -1.77. The van der Waals surface area contributed by atoms with Gasteiger partial charge in [-0.2, -0.15) is 13.2 Å². The van der Waals surface area contributed by atoms with E-state index in [1.807, 2.05) is 0 Å². The molecule has 0 aliphatic rings. The molecule has 154 valence electrons. The van der Waals surface area contributed by atoms with Gasteiger partial charge in [0, 0.05) is 11.8 Å². The number of halogens is 3. The van der Waals surface area contributed by atoms with Crippen LogP contribution in [0.1, 0.15) is 28.0 Å². The maximum atomic E-state index is 13.1. The first-order valence-corrected chi connectivity index (χ1v) is 9.86. The number of hydrogen-bond acceptors (Lipinski definition) is 8. The molecule has 2 aromatic heterocycles. The number of carbonyl (C=O) groups is 2. The second-order valence-electron chi connectivity index (χ2n) is 4.96. The summed E-state index contributed by atoms with van der Waals surface area (Å²) in [6, 6.07) is -1.51. The molecule has 0 saturated heterocycles. The van der Waals surface area contributed by atoms with E-state index in [-0.39, 0.29) is 28.4 Å². The second-order valence-corrected chi connectivity index (χ2v) is 7.83. The van der Waals surface area contributed by atoms with Crippen LogP contribution in [0, 0.1) is 4.77 Å². The van der Waals surface area contributed by atoms with Gasteiger partial charge in [-0.1, -0.05) is 6.92 Å². The van der Waals surface area contributed by atoms with Crippen molar-refractivity contribution in [1.29, 1.82) is 0 Å². The molecule has 2 heterocycles. The molecular weight excluding hydrogens is 449 g/mol. The highest BCUT2D eigenvalue weighted by molar-refractivity contribution is 7.90. The van der Waals surface area contributed by atoms with Crippen LogP contribution < -0.4 is 9.56 Å². The van der Waals surface area contributed by atoms with Crippen molar-refractivity contribution < 1.29 is 41.1 Å². The minimum absolute atomic E-state index is 0.125. The molecule has 2 rings (SSSR count). The Balaban J connectivity index is 2.55. The number of hydrogen-bond donors (Lipinski definition) is 2. The molecule has 28 heavy (non-hydrogen) atoms. The van der Waals surface area contributed by atoms with Gasteiger partial charge in [0.2, 0.25) is 4.77 Å². The van der Waals surface area contributed by atoms with Gasteiger partial charge in [0.1, 0.15) is 16.9 Å². The largest absolute Gasteiger partial charge is 0.478 e. The summed E-state index contributed by atoms with van der Waals surface area (Å²) >= 11 is 4.78. The zero-order valence-electron chi connectivity index (χ0n) is 14.0. The van der Waals surface area contributed by atoms with Gasteiger partial charge in [-0.05, 0) is 12.2 Å². The molecule has 0 aliphatic carbocycles. The molecule has 0 spiro atoms. The summed E-state index contributed by atoms with van der Waals surface area (Å²) in [5.41, 5.74) is -1.13. The molecule has 0 fully saturated rings. The van der Waals surface area contributed by atoms with Crippen molar-refractivity contribution >= 4 is 45.6 Å². The van der Waals surface area contributed by atoms with Gasteiger partial charge < -0.3 is 9.94 Å². The molecule has 0 saturated carbocycles. The summed E-state index contributed by atoms with van der Waals surface area (Å²) < 4.78 is 66.5. The Kier molecular flexibility index (Phi) is 5.86. The quantitative estimate of drug-likeness (QED) is 0.645. The maximum Gasteiger partial charge on any atom is 0.426 e. The van der Waals surface area contributed by atoms with Gasteiger partial charge in [-0.15, -0.1) is 25.8 Å². The topological polar surface area (TPSA) is 133 Å². The van der Waals surface area contributed by atoms with E-state index in [0.717, 1.165) is 4.73 Å². The smallest absolute Gasteiger partial charge is 0.426 e. The van der Waals surface area contributed by atoms with Crippen LogP contribution in [-0.2, 0) is 22.6 Å².